The van der Waals surface area contributed by atoms with Crippen LogP contribution >= 0.6 is 0 Å². The van der Waals surface area contributed by atoms with Gasteiger partial charge in [-0.05, 0) is 37.0 Å². The summed E-state index contributed by atoms with van der Waals surface area (Å²) in [6, 6.07) is 5.43. The second kappa shape index (κ2) is 4.16. The van der Waals surface area contributed by atoms with Crippen molar-refractivity contribution >= 4 is 10.0 Å². The van der Waals surface area contributed by atoms with Gasteiger partial charge in [-0.1, -0.05) is 12.1 Å². The molecule has 0 saturated heterocycles. The highest BCUT2D eigenvalue weighted by atomic mass is 32.2. The van der Waals surface area contributed by atoms with Crippen molar-refractivity contribution in [3.63, 3.8) is 0 Å². The van der Waals surface area contributed by atoms with Gasteiger partial charge in [0.2, 0.25) is 10.0 Å². The van der Waals surface area contributed by atoms with E-state index in [0.29, 0.717) is 11.4 Å². The Bertz CT molecular complexity index is 493. The highest BCUT2D eigenvalue weighted by molar-refractivity contribution is 7.89. The van der Waals surface area contributed by atoms with Crippen molar-refractivity contribution in [3.8, 4) is 0 Å². The van der Waals surface area contributed by atoms with E-state index >= 15 is 0 Å². The van der Waals surface area contributed by atoms with Gasteiger partial charge in [0.15, 0.2) is 0 Å². The lowest BCUT2D eigenvalue weighted by Crippen LogP contribution is -2.26. The molecule has 0 aliphatic heterocycles. The van der Waals surface area contributed by atoms with E-state index in [0.717, 1.165) is 24.0 Å². The summed E-state index contributed by atoms with van der Waals surface area (Å²) in [4.78, 5) is 0.349. The van der Waals surface area contributed by atoms with E-state index in [9.17, 15) is 8.42 Å². The summed E-state index contributed by atoms with van der Waals surface area (Å²) in [6.45, 7) is 2.15. The number of hydrogen-bond donors (Lipinski definition) is 2. The summed E-state index contributed by atoms with van der Waals surface area (Å²) >= 11 is 0. The molecule has 4 nitrogen and oxygen atoms in total. The Balaban J connectivity index is 2.36. The molecule has 0 atom stereocenters. The van der Waals surface area contributed by atoms with Crippen molar-refractivity contribution < 1.29 is 8.42 Å². The molecule has 0 heterocycles. The first-order chi connectivity index (χ1) is 7.53. The molecule has 1 aliphatic rings. The maximum atomic E-state index is 12.0. The zero-order chi connectivity index (χ0) is 11.8. The molecule has 1 aromatic rings. The smallest absolute Gasteiger partial charge is 0.241 e. The van der Waals surface area contributed by atoms with E-state index in [1.54, 1.807) is 19.1 Å². The first-order valence-corrected chi connectivity index (χ1v) is 6.83. The van der Waals surface area contributed by atoms with Crippen LogP contribution in [0.3, 0.4) is 0 Å². The van der Waals surface area contributed by atoms with Crippen molar-refractivity contribution in [1.82, 2.24) is 4.72 Å². The van der Waals surface area contributed by atoms with Gasteiger partial charge < -0.3 is 5.73 Å². The Labute approximate surface area is 95.9 Å². The fraction of sp³-hybridized carbons (Fsp3) is 0.455. The number of rotatable bonds is 4. The summed E-state index contributed by atoms with van der Waals surface area (Å²) in [5, 5.41) is 0. The molecular weight excluding hydrogens is 224 g/mol. The molecule has 0 radical (unpaired) electrons. The third-order valence-electron chi connectivity index (χ3n) is 2.68. The Morgan fingerprint density at radius 1 is 1.44 bits per heavy atom. The standard InChI is InChI=1S/C11H16N2O2S/c1-8-2-3-9(7-12)6-11(8)16(14,15)13-10-4-5-10/h2-3,6,10,13H,4-5,7,12H2,1H3. The maximum absolute atomic E-state index is 12.0. The van der Waals surface area contributed by atoms with E-state index in [1.165, 1.54) is 0 Å². The highest BCUT2D eigenvalue weighted by Crippen LogP contribution is 2.24. The van der Waals surface area contributed by atoms with Gasteiger partial charge in [-0.3, -0.25) is 0 Å². The lowest BCUT2D eigenvalue weighted by Gasteiger charge is -2.09. The van der Waals surface area contributed by atoms with Gasteiger partial charge in [0.1, 0.15) is 0 Å². The van der Waals surface area contributed by atoms with E-state index in [-0.39, 0.29) is 6.04 Å². The van der Waals surface area contributed by atoms with Crippen molar-refractivity contribution in [1.29, 1.82) is 0 Å². The summed E-state index contributed by atoms with van der Waals surface area (Å²) < 4.78 is 26.7. The van der Waals surface area contributed by atoms with Crippen molar-refractivity contribution in [2.45, 2.75) is 37.2 Å². The zero-order valence-electron chi connectivity index (χ0n) is 9.23. The van der Waals surface area contributed by atoms with Crippen LogP contribution in [0.1, 0.15) is 24.0 Å². The Morgan fingerprint density at radius 3 is 2.69 bits per heavy atom. The first kappa shape index (κ1) is 11.6. The van der Waals surface area contributed by atoms with Gasteiger partial charge in [0, 0.05) is 12.6 Å². The molecule has 88 valence electrons. The molecule has 1 aromatic carbocycles. The summed E-state index contributed by atoms with van der Waals surface area (Å²) in [5.41, 5.74) is 7.10. The topological polar surface area (TPSA) is 72.2 Å². The normalized spacial score (nSPS) is 16.4. The summed E-state index contributed by atoms with van der Waals surface area (Å²) in [7, 11) is -3.37. The molecule has 0 unspecified atom stereocenters. The number of sulfonamides is 1. The molecular formula is C11H16N2O2S. The lowest BCUT2D eigenvalue weighted by molar-refractivity contribution is 0.580. The predicted molar refractivity (Wildman–Crippen MR) is 62.4 cm³/mol. The van der Waals surface area contributed by atoms with Crippen LogP contribution in [-0.2, 0) is 16.6 Å². The summed E-state index contributed by atoms with van der Waals surface area (Å²) in [6.07, 6.45) is 1.88. The minimum absolute atomic E-state index is 0.130. The van der Waals surface area contributed by atoms with Gasteiger partial charge in [0.05, 0.1) is 4.90 Å². The maximum Gasteiger partial charge on any atom is 0.241 e. The highest BCUT2D eigenvalue weighted by Gasteiger charge is 2.28. The molecule has 1 saturated carbocycles. The molecule has 2 rings (SSSR count). The number of nitrogens with one attached hydrogen (secondary N) is 1. The minimum atomic E-state index is -3.37. The van der Waals surface area contributed by atoms with Gasteiger partial charge in [-0.15, -0.1) is 0 Å². The second-order valence-corrected chi connectivity index (χ2v) is 5.88. The van der Waals surface area contributed by atoms with Crippen LogP contribution in [0.4, 0.5) is 0 Å². The van der Waals surface area contributed by atoms with Gasteiger partial charge >= 0.3 is 0 Å². The van der Waals surface area contributed by atoms with Crippen molar-refractivity contribution in [2.24, 2.45) is 5.73 Å². The molecule has 0 amide bonds. The number of nitrogens with two attached hydrogens (primary N) is 1. The van der Waals surface area contributed by atoms with Crippen LogP contribution in [0.25, 0.3) is 0 Å². The number of aryl methyl sites for hydroxylation is 1. The monoisotopic (exact) mass is 240 g/mol. The average Bonchev–Trinajstić information content (AvgIpc) is 3.01. The Morgan fingerprint density at radius 2 is 2.12 bits per heavy atom. The van der Waals surface area contributed by atoms with Crippen molar-refractivity contribution in [3.05, 3.63) is 29.3 Å². The van der Waals surface area contributed by atoms with Crippen LogP contribution in [0.15, 0.2) is 23.1 Å². The molecule has 16 heavy (non-hydrogen) atoms. The molecule has 3 N–H and O–H groups in total. The van der Waals surface area contributed by atoms with Gasteiger partial charge in [0.25, 0.3) is 0 Å². The number of benzene rings is 1. The third kappa shape index (κ3) is 2.42. The Kier molecular flexibility index (Phi) is 3.01. The average molecular weight is 240 g/mol. The van der Waals surface area contributed by atoms with Crippen LogP contribution in [0, 0.1) is 6.92 Å². The van der Waals surface area contributed by atoms with Crippen LogP contribution < -0.4 is 10.5 Å². The summed E-state index contributed by atoms with van der Waals surface area (Å²) in [5.74, 6) is 0. The van der Waals surface area contributed by atoms with Crippen LogP contribution in [-0.4, -0.2) is 14.5 Å². The van der Waals surface area contributed by atoms with E-state index in [4.69, 9.17) is 5.73 Å². The third-order valence-corrected chi connectivity index (χ3v) is 4.34. The molecule has 1 fully saturated rings. The van der Waals surface area contributed by atoms with E-state index < -0.39 is 10.0 Å². The zero-order valence-corrected chi connectivity index (χ0v) is 10.0. The fourth-order valence-corrected chi connectivity index (χ4v) is 3.15. The van der Waals surface area contributed by atoms with E-state index in [1.807, 2.05) is 6.07 Å². The lowest BCUT2D eigenvalue weighted by atomic mass is 10.1. The van der Waals surface area contributed by atoms with Crippen LogP contribution in [0.2, 0.25) is 0 Å². The number of hydrogen-bond acceptors (Lipinski definition) is 3. The SMILES string of the molecule is Cc1ccc(CN)cc1S(=O)(=O)NC1CC1. The molecule has 0 aromatic heterocycles. The predicted octanol–water partition coefficient (Wildman–Crippen LogP) is 0.894. The van der Waals surface area contributed by atoms with E-state index in [2.05, 4.69) is 4.72 Å². The van der Waals surface area contributed by atoms with Crippen LogP contribution in [0.5, 0.6) is 0 Å². The Hall–Kier alpha value is -0.910. The van der Waals surface area contributed by atoms with Crippen molar-refractivity contribution in [2.75, 3.05) is 0 Å². The quantitative estimate of drug-likeness (QED) is 0.821. The largest absolute Gasteiger partial charge is 0.326 e. The molecule has 1 aliphatic carbocycles. The fourth-order valence-electron chi connectivity index (χ4n) is 1.55. The second-order valence-electron chi connectivity index (χ2n) is 4.20. The van der Waals surface area contributed by atoms with Gasteiger partial charge in [-0.25, -0.2) is 13.1 Å². The molecule has 0 spiro atoms. The van der Waals surface area contributed by atoms with Gasteiger partial charge in [-0.2, -0.15) is 0 Å². The first-order valence-electron chi connectivity index (χ1n) is 5.35. The molecule has 0 bridgehead atoms. The molecule has 5 heteroatoms. The minimum Gasteiger partial charge on any atom is -0.326 e.